The second-order valence-electron chi connectivity index (χ2n) is 4.63. The number of carbonyl (C=O) groups is 1. The molecule has 0 N–H and O–H groups in total. The molecule has 0 bridgehead atoms. The van der Waals surface area contributed by atoms with Crippen LogP contribution in [0.4, 0.5) is 0 Å². The first-order chi connectivity index (χ1) is 6.58. The maximum absolute atomic E-state index is 9.97. The summed E-state index contributed by atoms with van der Waals surface area (Å²) in [5, 5.41) is 0. The summed E-state index contributed by atoms with van der Waals surface area (Å²) in [7, 11) is 0. The van der Waals surface area contributed by atoms with Crippen LogP contribution in [-0.4, -0.2) is 24.8 Å². The fourth-order valence-corrected chi connectivity index (χ4v) is 1.71. The van der Waals surface area contributed by atoms with E-state index in [2.05, 4.69) is 25.5 Å². The molecule has 1 aliphatic heterocycles. The van der Waals surface area contributed by atoms with E-state index in [-0.39, 0.29) is 11.7 Å². The van der Waals surface area contributed by atoms with Crippen LogP contribution in [0.1, 0.15) is 40.0 Å². The minimum absolute atomic E-state index is 0.0299. The van der Waals surface area contributed by atoms with Gasteiger partial charge in [0, 0.05) is 0 Å². The molecule has 1 rings (SSSR count). The smallest absolute Gasteiger partial charge is 0.293 e. The Morgan fingerprint density at radius 2 is 2.29 bits per heavy atom. The second-order valence-corrected chi connectivity index (χ2v) is 4.63. The SMILES string of the molecule is CC(C)CCCC1(C)OC1COC=O. The lowest BCUT2D eigenvalue weighted by Crippen LogP contribution is -2.14. The Bertz CT molecular complexity index is 191. The normalized spacial score (nSPS) is 30.4. The van der Waals surface area contributed by atoms with Gasteiger partial charge in [0.15, 0.2) is 0 Å². The maximum atomic E-state index is 9.97. The van der Waals surface area contributed by atoms with E-state index >= 15 is 0 Å². The Balaban J connectivity index is 2.10. The van der Waals surface area contributed by atoms with Crippen molar-refractivity contribution in [3.8, 4) is 0 Å². The van der Waals surface area contributed by atoms with Gasteiger partial charge in [0.1, 0.15) is 12.7 Å². The van der Waals surface area contributed by atoms with Gasteiger partial charge in [-0.2, -0.15) is 0 Å². The van der Waals surface area contributed by atoms with Gasteiger partial charge in [0.05, 0.1) is 5.60 Å². The van der Waals surface area contributed by atoms with E-state index in [9.17, 15) is 4.79 Å². The zero-order chi connectivity index (χ0) is 10.6. The van der Waals surface area contributed by atoms with Crippen molar-refractivity contribution in [1.29, 1.82) is 0 Å². The van der Waals surface area contributed by atoms with Crippen LogP contribution >= 0.6 is 0 Å². The summed E-state index contributed by atoms with van der Waals surface area (Å²) < 4.78 is 10.2. The van der Waals surface area contributed by atoms with E-state index in [1.807, 2.05) is 0 Å². The Labute approximate surface area is 85.8 Å². The molecule has 3 nitrogen and oxygen atoms in total. The van der Waals surface area contributed by atoms with Gasteiger partial charge in [-0.25, -0.2) is 0 Å². The highest BCUT2D eigenvalue weighted by Gasteiger charge is 2.51. The van der Waals surface area contributed by atoms with Crippen molar-refractivity contribution in [2.24, 2.45) is 5.92 Å². The van der Waals surface area contributed by atoms with Crippen LogP contribution < -0.4 is 0 Å². The van der Waals surface area contributed by atoms with E-state index in [0.29, 0.717) is 13.1 Å². The van der Waals surface area contributed by atoms with Gasteiger partial charge in [0.2, 0.25) is 0 Å². The summed E-state index contributed by atoms with van der Waals surface area (Å²) in [4.78, 5) is 9.97. The average molecular weight is 200 g/mol. The average Bonchev–Trinajstić information content (AvgIpc) is 2.73. The molecular formula is C11H20O3. The van der Waals surface area contributed by atoms with Crippen molar-refractivity contribution in [3.05, 3.63) is 0 Å². The minimum atomic E-state index is -0.0299. The predicted octanol–water partition coefficient (Wildman–Crippen LogP) is 2.14. The fraction of sp³-hybridized carbons (Fsp3) is 0.909. The summed E-state index contributed by atoms with van der Waals surface area (Å²) in [5.41, 5.74) is -0.0299. The van der Waals surface area contributed by atoms with Gasteiger partial charge in [-0.1, -0.05) is 26.7 Å². The largest absolute Gasteiger partial charge is 0.465 e. The first-order valence-electron chi connectivity index (χ1n) is 5.31. The van der Waals surface area contributed by atoms with Gasteiger partial charge in [-0.15, -0.1) is 0 Å². The quantitative estimate of drug-likeness (QED) is 0.467. The topological polar surface area (TPSA) is 38.8 Å². The summed E-state index contributed by atoms with van der Waals surface area (Å²) in [6.07, 6.45) is 3.61. The Morgan fingerprint density at radius 1 is 1.57 bits per heavy atom. The summed E-state index contributed by atoms with van der Waals surface area (Å²) >= 11 is 0. The van der Waals surface area contributed by atoms with Crippen molar-refractivity contribution >= 4 is 6.47 Å². The molecule has 14 heavy (non-hydrogen) atoms. The van der Waals surface area contributed by atoms with Crippen molar-refractivity contribution < 1.29 is 14.3 Å². The molecule has 0 amide bonds. The molecule has 0 spiro atoms. The summed E-state index contributed by atoms with van der Waals surface area (Å²) in [6.45, 7) is 7.43. The van der Waals surface area contributed by atoms with Crippen LogP contribution in [0.3, 0.4) is 0 Å². The van der Waals surface area contributed by atoms with Crippen molar-refractivity contribution in [2.75, 3.05) is 6.61 Å². The van der Waals surface area contributed by atoms with E-state index in [0.717, 1.165) is 12.3 Å². The third kappa shape index (κ3) is 3.29. The molecule has 1 saturated heterocycles. The fourth-order valence-electron chi connectivity index (χ4n) is 1.71. The van der Waals surface area contributed by atoms with Gasteiger partial charge in [-0.05, 0) is 19.3 Å². The number of epoxide rings is 1. The molecule has 1 aliphatic rings. The number of hydrogen-bond donors (Lipinski definition) is 0. The van der Waals surface area contributed by atoms with Gasteiger partial charge >= 0.3 is 0 Å². The first kappa shape index (κ1) is 11.5. The van der Waals surface area contributed by atoms with Crippen molar-refractivity contribution in [3.63, 3.8) is 0 Å². The van der Waals surface area contributed by atoms with E-state index in [1.54, 1.807) is 0 Å². The first-order valence-corrected chi connectivity index (χ1v) is 5.31. The van der Waals surface area contributed by atoms with Crippen molar-refractivity contribution in [2.45, 2.75) is 51.7 Å². The maximum Gasteiger partial charge on any atom is 0.293 e. The molecule has 3 heteroatoms. The highest BCUT2D eigenvalue weighted by atomic mass is 16.6. The van der Waals surface area contributed by atoms with Crippen LogP contribution in [0.2, 0.25) is 0 Å². The molecule has 82 valence electrons. The number of rotatable bonds is 7. The third-order valence-electron chi connectivity index (χ3n) is 2.81. The predicted molar refractivity (Wildman–Crippen MR) is 54.0 cm³/mol. The number of carbonyl (C=O) groups excluding carboxylic acids is 1. The molecule has 0 aromatic rings. The van der Waals surface area contributed by atoms with Crippen LogP contribution in [0.25, 0.3) is 0 Å². The van der Waals surface area contributed by atoms with Crippen LogP contribution in [-0.2, 0) is 14.3 Å². The van der Waals surface area contributed by atoms with Crippen LogP contribution in [0, 0.1) is 5.92 Å². The van der Waals surface area contributed by atoms with Crippen molar-refractivity contribution in [1.82, 2.24) is 0 Å². The minimum Gasteiger partial charge on any atom is -0.465 e. The lowest BCUT2D eigenvalue weighted by atomic mass is 9.97. The Hall–Kier alpha value is -0.570. The molecule has 0 aromatic carbocycles. The second kappa shape index (κ2) is 4.78. The molecule has 0 aromatic heterocycles. The summed E-state index contributed by atoms with van der Waals surface area (Å²) in [6, 6.07) is 0. The lowest BCUT2D eigenvalue weighted by molar-refractivity contribution is -0.129. The molecule has 2 unspecified atom stereocenters. The third-order valence-corrected chi connectivity index (χ3v) is 2.81. The molecular weight excluding hydrogens is 180 g/mol. The standard InChI is InChI=1S/C11H20O3/c1-9(2)5-4-6-11(3)10(14-11)7-13-8-12/h8-10H,4-7H2,1-3H3. The molecule has 2 atom stereocenters. The highest BCUT2D eigenvalue weighted by Crippen LogP contribution is 2.40. The molecule has 0 aliphatic carbocycles. The molecule has 0 radical (unpaired) electrons. The zero-order valence-electron chi connectivity index (χ0n) is 9.29. The van der Waals surface area contributed by atoms with E-state index in [4.69, 9.17) is 4.74 Å². The molecule has 1 heterocycles. The highest BCUT2D eigenvalue weighted by molar-refractivity contribution is 5.37. The van der Waals surface area contributed by atoms with Gasteiger partial charge < -0.3 is 9.47 Å². The number of hydrogen-bond acceptors (Lipinski definition) is 3. The van der Waals surface area contributed by atoms with Crippen LogP contribution in [0.15, 0.2) is 0 Å². The van der Waals surface area contributed by atoms with Crippen LogP contribution in [0.5, 0.6) is 0 Å². The van der Waals surface area contributed by atoms with Gasteiger partial charge in [-0.3, -0.25) is 4.79 Å². The Kier molecular flexibility index (Phi) is 3.93. The zero-order valence-corrected chi connectivity index (χ0v) is 9.29. The number of ether oxygens (including phenoxy) is 2. The van der Waals surface area contributed by atoms with E-state index < -0.39 is 0 Å². The Morgan fingerprint density at radius 3 is 2.86 bits per heavy atom. The molecule has 1 fully saturated rings. The van der Waals surface area contributed by atoms with Gasteiger partial charge in [0.25, 0.3) is 6.47 Å². The summed E-state index contributed by atoms with van der Waals surface area (Å²) in [5.74, 6) is 0.752. The monoisotopic (exact) mass is 200 g/mol. The lowest BCUT2D eigenvalue weighted by Gasteiger charge is -2.07. The molecule has 0 saturated carbocycles. The van der Waals surface area contributed by atoms with E-state index in [1.165, 1.54) is 12.8 Å².